The maximum atomic E-state index is 12.5. The van der Waals surface area contributed by atoms with E-state index in [9.17, 15) is 4.79 Å². The number of likely N-dealkylation sites (tertiary alicyclic amines) is 1. The number of pyridine rings is 1. The molecule has 1 fully saturated rings. The fraction of sp³-hybridized carbons (Fsp3) is 0.357. The van der Waals surface area contributed by atoms with Crippen LogP contribution in [0.5, 0.6) is 11.5 Å². The van der Waals surface area contributed by atoms with Crippen molar-refractivity contribution >= 4 is 11.7 Å². The van der Waals surface area contributed by atoms with Crippen LogP contribution in [-0.2, 0) is 6.54 Å². The van der Waals surface area contributed by atoms with Crippen molar-refractivity contribution in [3.05, 3.63) is 71.9 Å². The van der Waals surface area contributed by atoms with Crippen molar-refractivity contribution in [3.63, 3.8) is 0 Å². The van der Waals surface area contributed by atoms with E-state index in [0.29, 0.717) is 24.6 Å². The lowest BCUT2D eigenvalue weighted by molar-refractivity contribution is 0.0908. The Bertz CT molecular complexity index is 1080. The predicted octanol–water partition coefficient (Wildman–Crippen LogP) is 4.52. The number of carbonyl (C=O) groups is 1. The summed E-state index contributed by atoms with van der Waals surface area (Å²) in [5, 5.41) is 3.13. The number of nitrogens with zero attached hydrogens (tertiary/aromatic N) is 2. The van der Waals surface area contributed by atoms with Crippen LogP contribution in [0.25, 0.3) is 11.1 Å². The van der Waals surface area contributed by atoms with E-state index < -0.39 is 0 Å². The molecule has 0 spiro atoms. The number of benzene rings is 2. The van der Waals surface area contributed by atoms with Gasteiger partial charge in [0.15, 0.2) is 0 Å². The molecular weight excluding hydrogens is 440 g/mol. The number of piperidine rings is 1. The Morgan fingerprint density at radius 1 is 1.03 bits per heavy atom. The van der Waals surface area contributed by atoms with Crippen LogP contribution in [0, 0.1) is 0 Å². The third kappa shape index (κ3) is 6.31. The summed E-state index contributed by atoms with van der Waals surface area (Å²) in [6, 6.07) is 18.0. The molecule has 1 amide bonds. The number of amides is 1. The highest BCUT2D eigenvalue weighted by Crippen LogP contribution is 2.40. The summed E-state index contributed by atoms with van der Waals surface area (Å²) in [7, 11) is 0. The molecule has 2 aromatic carbocycles. The van der Waals surface area contributed by atoms with Crippen molar-refractivity contribution in [1.29, 1.82) is 0 Å². The van der Waals surface area contributed by atoms with E-state index in [1.165, 1.54) is 6.20 Å². The van der Waals surface area contributed by atoms with Crippen molar-refractivity contribution in [1.82, 2.24) is 15.2 Å². The van der Waals surface area contributed by atoms with Gasteiger partial charge in [0, 0.05) is 31.9 Å². The van der Waals surface area contributed by atoms with Gasteiger partial charge in [-0.25, -0.2) is 4.98 Å². The smallest absolute Gasteiger partial charge is 0.253 e. The van der Waals surface area contributed by atoms with E-state index in [4.69, 9.17) is 15.2 Å². The molecule has 2 heterocycles. The molecule has 7 heteroatoms. The fourth-order valence-electron chi connectivity index (χ4n) is 4.47. The van der Waals surface area contributed by atoms with Crippen LogP contribution in [0.4, 0.5) is 5.82 Å². The van der Waals surface area contributed by atoms with Crippen molar-refractivity contribution < 1.29 is 14.3 Å². The summed E-state index contributed by atoms with van der Waals surface area (Å²) < 4.78 is 12.1. The summed E-state index contributed by atoms with van der Waals surface area (Å²) in [5.41, 5.74) is 9.39. The third-order valence-corrected chi connectivity index (χ3v) is 6.17. The summed E-state index contributed by atoms with van der Waals surface area (Å²) in [6.07, 6.45) is 3.31. The number of carbonyl (C=O) groups excluding carboxylic acids is 1. The Kier molecular flexibility index (Phi) is 8.21. The number of aromatic nitrogens is 1. The monoisotopic (exact) mass is 474 g/mol. The number of rotatable bonds is 9. The number of nitrogens with two attached hydrogens (primary N) is 1. The SMILES string of the molecule is CCOc1cc(CN2CCC(NC(=O)c3ccc(N)nc3)CC2)cc(OCC)c1-c1ccccc1. The van der Waals surface area contributed by atoms with Gasteiger partial charge >= 0.3 is 0 Å². The fourth-order valence-corrected chi connectivity index (χ4v) is 4.47. The molecule has 0 atom stereocenters. The minimum atomic E-state index is -0.102. The zero-order chi connectivity index (χ0) is 24.6. The van der Waals surface area contributed by atoms with E-state index in [2.05, 4.69) is 39.5 Å². The average molecular weight is 475 g/mol. The first-order valence-corrected chi connectivity index (χ1v) is 12.3. The van der Waals surface area contributed by atoms with E-state index in [-0.39, 0.29) is 11.9 Å². The van der Waals surface area contributed by atoms with Crippen LogP contribution >= 0.6 is 0 Å². The molecule has 0 bridgehead atoms. The van der Waals surface area contributed by atoms with Crippen molar-refractivity contribution in [3.8, 4) is 22.6 Å². The molecule has 35 heavy (non-hydrogen) atoms. The van der Waals surface area contributed by atoms with Crippen LogP contribution in [0.1, 0.15) is 42.6 Å². The number of anilines is 1. The predicted molar refractivity (Wildman–Crippen MR) is 139 cm³/mol. The first-order chi connectivity index (χ1) is 17.1. The van der Waals surface area contributed by atoms with Gasteiger partial charge in [0.1, 0.15) is 17.3 Å². The Morgan fingerprint density at radius 3 is 2.26 bits per heavy atom. The van der Waals surface area contributed by atoms with E-state index >= 15 is 0 Å². The minimum absolute atomic E-state index is 0.102. The van der Waals surface area contributed by atoms with Gasteiger partial charge in [-0.1, -0.05) is 30.3 Å². The van der Waals surface area contributed by atoms with Crippen molar-refractivity contribution in [2.75, 3.05) is 32.0 Å². The van der Waals surface area contributed by atoms with Crippen LogP contribution < -0.4 is 20.5 Å². The molecule has 0 saturated carbocycles. The van der Waals surface area contributed by atoms with Crippen LogP contribution in [0.15, 0.2) is 60.8 Å². The molecule has 0 radical (unpaired) electrons. The van der Waals surface area contributed by atoms with Gasteiger partial charge < -0.3 is 20.5 Å². The second-order valence-electron chi connectivity index (χ2n) is 8.69. The van der Waals surface area contributed by atoms with Gasteiger partial charge in [0.05, 0.1) is 24.3 Å². The van der Waals surface area contributed by atoms with Crippen LogP contribution in [0.2, 0.25) is 0 Å². The molecule has 184 valence electrons. The molecule has 7 nitrogen and oxygen atoms in total. The second kappa shape index (κ2) is 11.7. The first kappa shape index (κ1) is 24.5. The number of hydrogen-bond donors (Lipinski definition) is 2. The molecule has 0 aliphatic carbocycles. The summed E-state index contributed by atoms with van der Waals surface area (Å²) in [4.78, 5) is 18.9. The lowest BCUT2D eigenvalue weighted by Crippen LogP contribution is -2.44. The topological polar surface area (TPSA) is 89.7 Å². The maximum Gasteiger partial charge on any atom is 0.253 e. The number of nitrogens with one attached hydrogen (secondary N) is 1. The number of ether oxygens (including phenoxy) is 2. The molecule has 3 aromatic rings. The summed E-state index contributed by atoms with van der Waals surface area (Å²) in [6.45, 7) is 7.78. The zero-order valence-corrected chi connectivity index (χ0v) is 20.5. The Balaban J connectivity index is 1.43. The number of nitrogen functional groups attached to an aromatic ring is 1. The molecule has 1 aliphatic rings. The molecule has 0 unspecified atom stereocenters. The van der Waals surface area contributed by atoms with E-state index in [0.717, 1.165) is 60.7 Å². The Labute approximate surface area is 207 Å². The average Bonchev–Trinajstić information content (AvgIpc) is 2.86. The van der Waals surface area contributed by atoms with Gasteiger partial charge in [0.25, 0.3) is 5.91 Å². The highest BCUT2D eigenvalue weighted by Gasteiger charge is 2.23. The standard InChI is InChI=1S/C28H34N4O3/c1-3-34-24-16-20(17-25(35-4-2)27(24)21-8-6-5-7-9-21)19-32-14-12-23(13-15-32)31-28(33)22-10-11-26(29)30-18-22/h5-11,16-18,23H,3-4,12-15,19H2,1-2H3,(H2,29,30)(H,31,33). The van der Waals surface area contributed by atoms with Crippen molar-refractivity contribution in [2.24, 2.45) is 0 Å². The van der Waals surface area contributed by atoms with E-state index in [1.54, 1.807) is 12.1 Å². The molecule has 1 aromatic heterocycles. The Morgan fingerprint density at radius 2 is 1.69 bits per heavy atom. The minimum Gasteiger partial charge on any atom is -0.493 e. The lowest BCUT2D eigenvalue weighted by atomic mass is 9.99. The highest BCUT2D eigenvalue weighted by molar-refractivity contribution is 5.94. The largest absolute Gasteiger partial charge is 0.493 e. The lowest BCUT2D eigenvalue weighted by Gasteiger charge is -2.32. The molecule has 4 rings (SSSR count). The molecule has 1 aliphatic heterocycles. The second-order valence-corrected chi connectivity index (χ2v) is 8.69. The third-order valence-electron chi connectivity index (χ3n) is 6.17. The highest BCUT2D eigenvalue weighted by atomic mass is 16.5. The molecule has 1 saturated heterocycles. The quantitative estimate of drug-likeness (QED) is 0.474. The van der Waals surface area contributed by atoms with Crippen LogP contribution in [0.3, 0.4) is 0 Å². The molecule has 3 N–H and O–H groups in total. The zero-order valence-electron chi connectivity index (χ0n) is 20.5. The van der Waals surface area contributed by atoms with Gasteiger partial charge in [-0.05, 0) is 62.1 Å². The van der Waals surface area contributed by atoms with Gasteiger partial charge in [-0.15, -0.1) is 0 Å². The summed E-state index contributed by atoms with van der Waals surface area (Å²) in [5.74, 6) is 2.00. The molecular formula is C28H34N4O3. The summed E-state index contributed by atoms with van der Waals surface area (Å²) >= 11 is 0. The van der Waals surface area contributed by atoms with Crippen molar-refractivity contribution in [2.45, 2.75) is 39.3 Å². The Hall–Kier alpha value is -3.58. The van der Waals surface area contributed by atoms with Crippen LogP contribution in [-0.4, -0.2) is 48.1 Å². The number of hydrogen-bond acceptors (Lipinski definition) is 6. The van der Waals surface area contributed by atoms with Gasteiger partial charge in [-0.2, -0.15) is 0 Å². The van der Waals surface area contributed by atoms with Gasteiger partial charge in [0.2, 0.25) is 0 Å². The van der Waals surface area contributed by atoms with Gasteiger partial charge in [-0.3, -0.25) is 9.69 Å². The first-order valence-electron chi connectivity index (χ1n) is 12.3. The van der Waals surface area contributed by atoms with E-state index in [1.807, 2.05) is 32.0 Å². The normalized spacial score (nSPS) is 14.5. The maximum absolute atomic E-state index is 12.5.